The van der Waals surface area contributed by atoms with Crippen LogP contribution in [0.2, 0.25) is 0 Å². The van der Waals surface area contributed by atoms with E-state index in [1.165, 1.54) is 6.92 Å². The second kappa shape index (κ2) is 2.80. The van der Waals surface area contributed by atoms with Crippen molar-refractivity contribution in [1.29, 1.82) is 0 Å². The van der Waals surface area contributed by atoms with Crippen molar-refractivity contribution >= 4 is 5.97 Å². The Labute approximate surface area is 53.1 Å². The minimum atomic E-state index is -0.512. The van der Waals surface area contributed by atoms with Gasteiger partial charge in [-0.2, -0.15) is 0 Å². The first-order valence-electron chi connectivity index (χ1n) is 2.81. The van der Waals surface area contributed by atoms with Gasteiger partial charge in [-0.05, 0) is 0 Å². The summed E-state index contributed by atoms with van der Waals surface area (Å²) in [6.45, 7) is 2.71. The van der Waals surface area contributed by atoms with Gasteiger partial charge in [-0.3, -0.25) is 10.1 Å². The fraction of sp³-hybridized carbons (Fsp3) is 0.800. The summed E-state index contributed by atoms with van der Waals surface area (Å²) in [5.41, 5.74) is 0. The molecule has 9 heavy (non-hydrogen) atoms. The van der Waals surface area contributed by atoms with E-state index in [4.69, 9.17) is 4.74 Å². The standard InChI is InChI=1S/C5H9NO3/c1-4(7)9-5-6-2-3-8-5/h5-6H,2-3H2,1H3/t5-/m1/s1. The molecule has 4 nitrogen and oxygen atoms in total. The van der Waals surface area contributed by atoms with E-state index in [1.807, 2.05) is 0 Å². The average molecular weight is 131 g/mol. The molecule has 1 fully saturated rings. The minimum absolute atomic E-state index is 0.325. The van der Waals surface area contributed by atoms with Gasteiger partial charge >= 0.3 is 5.97 Å². The monoisotopic (exact) mass is 131 g/mol. The summed E-state index contributed by atoms with van der Waals surface area (Å²) < 4.78 is 9.55. The Morgan fingerprint density at radius 1 is 1.89 bits per heavy atom. The number of nitrogens with one attached hydrogen (secondary N) is 1. The van der Waals surface area contributed by atoms with Crippen molar-refractivity contribution in [3.63, 3.8) is 0 Å². The van der Waals surface area contributed by atoms with Crippen LogP contribution in [-0.4, -0.2) is 25.5 Å². The van der Waals surface area contributed by atoms with Gasteiger partial charge in [-0.1, -0.05) is 0 Å². The lowest BCUT2D eigenvalue weighted by atomic mass is 10.7. The number of hydrogen-bond donors (Lipinski definition) is 1. The summed E-state index contributed by atoms with van der Waals surface area (Å²) >= 11 is 0. The predicted molar refractivity (Wildman–Crippen MR) is 29.5 cm³/mol. The van der Waals surface area contributed by atoms with Crippen molar-refractivity contribution in [3.05, 3.63) is 0 Å². The maximum Gasteiger partial charge on any atom is 0.305 e. The van der Waals surface area contributed by atoms with Gasteiger partial charge in [-0.25, -0.2) is 0 Å². The minimum Gasteiger partial charge on any atom is -0.422 e. The molecule has 1 aliphatic rings. The molecule has 0 aromatic heterocycles. The molecular weight excluding hydrogens is 122 g/mol. The molecule has 1 N–H and O–H groups in total. The molecule has 0 spiro atoms. The number of carbonyl (C=O) groups excluding carboxylic acids is 1. The van der Waals surface area contributed by atoms with Gasteiger partial charge in [0, 0.05) is 13.5 Å². The maximum absolute atomic E-state index is 10.3. The first kappa shape index (κ1) is 6.51. The molecule has 0 saturated carbocycles. The van der Waals surface area contributed by atoms with E-state index in [0.717, 1.165) is 6.54 Å². The summed E-state index contributed by atoms with van der Waals surface area (Å²) in [4.78, 5) is 10.3. The lowest BCUT2D eigenvalue weighted by molar-refractivity contribution is -0.170. The van der Waals surface area contributed by atoms with E-state index >= 15 is 0 Å². The van der Waals surface area contributed by atoms with Crippen LogP contribution in [0.1, 0.15) is 6.92 Å². The van der Waals surface area contributed by atoms with Gasteiger partial charge in [0.1, 0.15) is 0 Å². The number of carbonyl (C=O) groups is 1. The maximum atomic E-state index is 10.3. The summed E-state index contributed by atoms with van der Waals surface area (Å²) in [6, 6.07) is 0. The largest absolute Gasteiger partial charge is 0.422 e. The normalized spacial score (nSPS) is 26.1. The zero-order valence-electron chi connectivity index (χ0n) is 5.22. The molecule has 1 atom stereocenters. The van der Waals surface area contributed by atoms with Gasteiger partial charge in [0.2, 0.25) is 0 Å². The highest BCUT2D eigenvalue weighted by Gasteiger charge is 2.15. The van der Waals surface area contributed by atoms with Gasteiger partial charge in [-0.15, -0.1) is 0 Å². The van der Waals surface area contributed by atoms with Crippen LogP contribution in [0.25, 0.3) is 0 Å². The first-order valence-corrected chi connectivity index (χ1v) is 2.81. The van der Waals surface area contributed by atoms with E-state index in [2.05, 4.69) is 10.1 Å². The zero-order chi connectivity index (χ0) is 6.69. The van der Waals surface area contributed by atoms with Crippen molar-refractivity contribution in [2.24, 2.45) is 0 Å². The van der Waals surface area contributed by atoms with Crippen LogP contribution in [0.3, 0.4) is 0 Å². The van der Waals surface area contributed by atoms with Crippen LogP contribution in [0.4, 0.5) is 0 Å². The molecule has 0 aromatic rings. The van der Waals surface area contributed by atoms with Crippen molar-refractivity contribution in [2.45, 2.75) is 13.3 Å². The molecule has 52 valence electrons. The van der Waals surface area contributed by atoms with Crippen molar-refractivity contribution < 1.29 is 14.3 Å². The molecule has 4 heteroatoms. The molecule has 1 saturated heterocycles. The van der Waals surface area contributed by atoms with Crippen LogP contribution >= 0.6 is 0 Å². The zero-order valence-corrected chi connectivity index (χ0v) is 5.22. The van der Waals surface area contributed by atoms with Crippen LogP contribution in [0, 0.1) is 0 Å². The Balaban J connectivity index is 2.19. The summed E-state index contributed by atoms with van der Waals surface area (Å²) in [5, 5.41) is 2.82. The van der Waals surface area contributed by atoms with Crippen LogP contribution in [-0.2, 0) is 14.3 Å². The first-order chi connectivity index (χ1) is 4.29. The number of ether oxygens (including phenoxy) is 2. The third-order valence-corrected chi connectivity index (χ3v) is 0.955. The highest BCUT2D eigenvalue weighted by atomic mass is 16.7. The summed E-state index contributed by atoms with van der Waals surface area (Å²) in [5.74, 6) is -0.325. The average Bonchev–Trinajstić information content (AvgIpc) is 2.15. The molecule has 0 aliphatic carbocycles. The Morgan fingerprint density at radius 2 is 2.67 bits per heavy atom. The molecular formula is C5H9NO3. The molecule has 1 aliphatic heterocycles. The topological polar surface area (TPSA) is 47.6 Å². The third kappa shape index (κ3) is 1.99. The Bertz CT molecular complexity index is 109. The van der Waals surface area contributed by atoms with E-state index in [0.29, 0.717) is 6.61 Å². The molecule has 0 unspecified atom stereocenters. The summed E-state index contributed by atoms with van der Waals surface area (Å²) in [6.07, 6.45) is -0.512. The molecule has 1 heterocycles. The predicted octanol–water partition coefficient (Wildman–Crippen LogP) is -0.547. The van der Waals surface area contributed by atoms with Gasteiger partial charge in [0.05, 0.1) is 6.61 Å². The quantitative estimate of drug-likeness (QED) is 0.485. The molecule has 0 aromatic carbocycles. The molecule has 0 amide bonds. The summed E-state index contributed by atoms with van der Waals surface area (Å²) in [7, 11) is 0. The van der Waals surface area contributed by atoms with E-state index in [9.17, 15) is 4.79 Å². The van der Waals surface area contributed by atoms with E-state index < -0.39 is 6.41 Å². The number of hydrogen-bond acceptors (Lipinski definition) is 4. The van der Waals surface area contributed by atoms with Crippen molar-refractivity contribution in [1.82, 2.24) is 5.32 Å². The Kier molecular flexibility index (Phi) is 2.02. The highest BCUT2D eigenvalue weighted by Crippen LogP contribution is 1.96. The highest BCUT2D eigenvalue weighted by molar-refractivity contribution is 5.65. The lowest BCUT2D eigenvalue weighted by Crippen LogP contribution is -2.27. The lowest BCUT2D eigenvalue weighted by Gasteiger charge is -2.07. The Hall–Kier alpha value is -0.610. The van der Waals surface area contributed by atoms with Gasteiger partial charge in [0.15, 0.2) is 0 Å². The second-order valence-corrected chi connectivity index (χ2v) is 1.77. The fourth-order valence-corrected chi connectivity index (χ4v) is 0.628. The van der Waals surface area contributed by atoms with E-state index in [1.54, 1.807) is 0 Å². The van der Waals surface area contributed by atoms with Crippen molar-refractivity contribution in [3.8, 4) is 0 Å². The van der Waals surface area contributed by atoms with Crippen LogP contribution in [0.5, 0.6) is 0 Å². The molecule has 1 rings (SSSR count). The van der Waals surface area contributed by atoms with Crippen LogP contribution in [0.15, 0.2) is 0 Å². The van der Waals surface area contributed by atoms with Crippen LogP contribution < -0.4 is 5.32 Å². The second-order valence-electron chi connectivity index (χ2n) is 1.77. The third-order valence-electron chi connectivity index (χ3n) is 0.955. The van der Waals surface area contributed by atoms with Gasteiger partial charge in [0.25, 0.3) is 6.41 Å². The smallest absolute Gasteiger partial charge is 0.305 e. The number of esters is 1. The Morgan fingerprint density at radius 3 is 3.11 bits per heavy atom. The van der Waals surface area contributed by atoms with Gasteiger partial charge < -0.3 is 9.47 Å². The fourth-order valence-electron chi connectivity index (χ4n) is 0.628. The van der Waals surface area contributed by atoms with E-state index in [-0.39, 0.29) is 5.97 Å². The SMILES string of the molecule is CC(=O)O[C@@H]1NCCO1. The molecule has 0 radical (unpaired) electrons. The molecule has 0 bridgehead atoms. The van der Waals surface area contributed by atoms with Crippen molar-refractivity contribution in [2.75, 3.05) is 13.2 Å². The number of rotatable bonds is 1.